The molecule has 8 heteroatoms. The summed E-state index contributed by atoms with van der Waals surface area (Å²) in [6.45, 7) is 0. The van der Waals surface area contributed by atoms with Gasteiger partial charge in [-0.05, 0) is 18.9 Å². The molecule has 112 valence electrons. The highest BCUT2D eigenvalue weighted by atomic mass is 16.5. The zero-order chi connectivity index (χ0) is 15.1. The normalized spacial score (nSPS) is 15.0. The predicted octanol–water partition coefficient (Wildman–Crippen LogP) is 1.49. The van der Waals surface area contributed by atoms with Gasteiger partial charge < -0.3 is 9.51 Å². The molecule has 4 rings (SSSR count). The van der Waals surface area contributed by atoms with Gasteiger partial charge in [-0.15, -0.1) is 0 Å². The van der Waals surface area contributed by atoms with Gasteiger partial charge in [-0.3, -0.25) is 9.48 Å². The van der Waals surface area contributed by atoms with Gasteiger partial charge in [0.1, 0.15) is 17.1 Å². The summed E-state index contributed by atoms with van der Waals surface area (Å²) >= 11 is 0. The molecule has 0 atom stereocenters. The van der Waals surface area contributed by atoms with E-state index in [-0.39, 0.29) is 17.0 Å². The Morgan fingerprint density at radius 1 is 1.41 bits per heavy atom. The van der Waals surface area contributed by atoms with E-state index >= 15 is 0 Å². The summed E-state index contributed by atoms with van der Waals surface area (Å²) < 4.78 is 6.81. The Labute approximate surface area is 125 Å². The third-order valence-corrected chi connectivity index (χ3v) is 3.91. The highest BCUT2D eigenvalue weighted by Gasteiger charge is 2.23. The van der Waals surface area contributed by atoms with Crippen molar-refractivity contribution in [3.8, 4) is 23.0 Å². The Kier molecular flexibility index (Phi) is 2.88. The van der Waals surface area contributed by atoms with Gasteiger partial charge in [0.15, 0.2) is 0 Å². The van der Waals surface area contributed by atoms with Crippen molar-refractivity contribution in [2.24, 2.45) is 7.05 Å². The number of aromatic amines is 1. The molecule has 3 aromatic rings. The summed E-state index contributed by atoms with van der Waals surface area (Å²) in [5.41, 5.74) is 0.610. The molecule has 0 radical (unpaired) electrons. The van der Waals surface area contributed by atoms with Crippen LogP contribution in [0.1, 0.15) is 31.0 Å². The van der Waals surface area contributed by atoms with Crippen LogP contribution < -0.4 is 5.56 Å². The first kappa shape index (κ1) is 12.9. The lowest BCUT2D eigenvalue weighted by atomic mass is 9.85. The topological polar surface area (TPSA) is 102 Å². The van der Waals surface area contributed by atoms with Crippen molar-refractivity contribution in [3.05, 3.63) is 34.6 Å². The second-order valence-electron chi connectivity index (χ2n) is 5.44. The lowest BCUT2D eigenvalue weighted by molar-refractivity contribution is 0.400. The van der Waals surface area contributed by atoms with E-state index in [0.717, 1.165) is 18.7 Å². The van der Waals surface area contributed by atoms with E-state index in [9.17, 15) is 4.79 Å². The van der Waals surface area contributed by atoms with Crippen LogP contribution in [0.3, 0.4) is 0 Å². The van der Waals surface area contributed by atoms with Crippen molar-refractivity contribution in [1.82, 2.24) is 29.9 Å². The quantitative estimate of drug-likeness (QED) is 0.785. The second kappa shape index (κ2) is 4.90. The number of rotatable bonds is 3. The molecule has 0 unspecified atom stereocenters. The smallest absolute Gasteiger partial charge is 0.265 e. The average molecular weight is 298 g/mol. The minimum atomic E-state index is -0.256. The van der Waals surface area contributed by atoms with E-state index in [1.54, 1.807) is 24.0 Å². The molecule has 0 spiro atoms. The van der Waals surface area contributed by atoms with Gasteiger partial charge in [0.05, 0.1) is 0 Å². The number of nitrogens with zero attached hydrogens (tertiary/aromatic N) is 5. The monoisotopic (exact) mass is 298 g/mol. The lowest BCUT2D eigenvalue weighted by Crippen LogP contribution is -2.19. The molecule has 0 saturated heterocycles. The first-order chi connectivity index (χ1) is 10.7. The van der Waals surface area contributed by atoms with Crippen molar-refractivity contribution in [2.75, 3.05) is 0 Å². The molecule has 1 saturated carbocycles. The number of aryl methyl sites for hydroxylation is 1. The van der Waals surface area contributed by atoms with Gasteiger partial charge in [-0.2, -0.15) is 10.1 Å². The maximum Gasteiger partial charge on any atom is 0.265 e. The Bertz CT molecular complexity index is 873. The molecule has 1 fully saturated rings. The summed E-state index contributed by atoms with van der Waals surface area (Å²) in [6, 6.07) is 1.77. The predicted molar refractivity (Wildman–Crippen MR) is 76.9 cm³/mol. The average Bonchev–Trinajstić information content (AvgIpc) is 3.05. The van der Waals surface area contributed by atoms with Crippen molar-refractivity contribution >= 4 is 0 Å². The third-order valence-electron chi connectivity index (χ3n) is 3.91. The molecular formula is C14H14N6O2. The van der Waals surface area contributed by atoms with Crippen LogP contribution in [0.2, 0.25) is 0 Å². The minimum absolute atomic E-state index is 0.148. The van der Waals surface area contributed by atoms with Crippen LogP contribution in [0.25, 0.3) is 23.0 Å². The van der Waals surface area contributed by atoms with Gasteiger partial charge in [0.2, 0.25) is 5.82 Å². The maximum absolute atomic E-state index is 12.2. The highest BCUT2D eigenvalue weighted by molar-refractivity contribution is 5.55. The largest absolute Gasteiger partial charge is 0.333 e. The molecule has 22 heavy (non-hydrogen) atoms. The van der Waals surface area contributed by atoms with Gasteiger partial charge in [-0.25, -0.2) is 4.98 Å². The van der Waals surface area contributed by atoms with Crippen LogP contribution >= 0.6 is 0 Å². The summed E-state index contributed by atoms with van der Waals surface area (Å²) in [5, 5.41) is 8.06. The van der Waals surface area contributed by atoms with Crippen molar-refractivity contribution < 1.29 is 4.52 Å². The summed E-state index contributed by atoms with van der Waals surface area (Å²) in [4.78, 5) is 23.5. The first-order valence-electron chi connectivity index (χ1n) is 7.14. The fraction of sp³-hybridized carbons (Fsp3) is 0.357. The van der Waals surface area contributed by atoms with Crippen LogP contribution in [0, 0.1) is 0 Å². The standard InChI is InChI=1S/C14H14N6O2/c1-20-6-5-10(18-20)12-17-14(22-19-12)9-7-15-11(16-13(9)21)8-3-2-4-8/h5-8H,2-4H2,1H3,(H,15,16,21). The first-order valence-corrected chi connectivity index (χ1v) is 7.14. The van der Waals surface area contributed by atoms with Crippen LogP contribution in [-0.2, 0) is 7.05 Å². The van der Waals surface area contributed by atoms with Gasteiger partial charge in [-0.1, -0.05) is 11.6 Å². The molecule has 0 aromatic carbocycles. The van der Waals surface area contributed by atoms with Crippen molar-refractivity contribution in [3.63, 3.8) is 0 Å². The fourth-order valence-electron chi connectivity index (χ4n) is 2.42. The van der Waals surface area contributed by atoms with Gasteiger partial charge in [0.25, 0.3) is 11.4 Å². The molecule has 0 aliphatic heterocycles. The molecule has 1 aliphatic carbocycles. The molecule has 0 amide bonds. The molecule has 1 aliphatic rings. The molecule has 1 N–H and O–H groups in total. The molecule has 0 bridgehead atoms. The lowest BCUT2D eigenvalue weighted by Gasteiger charge is -2.23. The molecule has 3 aromatic heterocycles. The number of nitrogens with one attached hydrogen (secondary N) is 1. The summed E-state index contributed by atoms with van der Waals surface area (Å²) in [6.07, 6.45) is 6.63. The van der Waals surface area contributed by atoms with Crippen molar-refractivity contribution in [1.29, 1.82) is 0 Å². The Morgan fingerprint density at radius 2 is 2.27 bits per heavy atom. The van der Waals surface area contributed by atoms with Crippen LogP contribution in [0.4, 0.5) is 0 Å². The van der Waals surface area contributed by atoms with E-state index in [2.05, 4.69) is 25.2 Å². The Balaban J connectivity index is 1.67. The zero-order valence-electron chi connectivity index (χ0n) is 12.0. The number of hydrogen-bond acceptors (Lipinski definition) is 6. The SMILES string of the molecule is Cn1ccc(-c2noc(-c3cnc(C4CCC4)[nH]c3=O)n2)n1. The minimum Gasteiger partial charge on any atom is -0.333 e. The molecule has 3 heterocycles. The maximum atomic E-state index is 12.2. The third kappa shape index (κ3) is 2.12. The van der Waals surface area contributed by atoms with E-state index in [4.69, 9.17) is 4.52 Å². The number of H-pyrrole nitrogens is 1. The van der Waals surface area contributed by atoms with E-state index in [1.807, 2.05) is 0 Å². The number of hydrogen-bond donors (Lipinski definition) is 1. The zero-order valence-corrected chi connectivity index (χ0v) is 12.0. The van der Waals surface area contributed by atoms with Crippen LogP contribution in [0.5, 0.6) is 0 Å². The van der Waals surface area contributed by atoms with Gasteiger partial charge in [0, 0.05) is 25.4 Å². The van der Waals surface area contributed by atoms with Gasteiger partial charge >= 0.3 is 0 Å². The van der Waals surface area contributed by atoms with Crippen LogP contribution in [0.15, 0.2) is 27.8 Å². The van der Waals surface area contributed by atoms with Crippen LogP contribution in [-0.4, -0.2) is 29.9 Å². The Hall–Kier alpha value is -2.77. The summed E-state index contributed by atoms with van der Waals surface area (Å²) in [7, 11) is 1.80. The Morgan fingerprint density at radius 3 is 2.91 bits per heavy atom. The second-order valence-corrected chi connectivity index (χ2v) is 5.44. The van der Waals surface area contributed by atoms with E-state index in [1.165, 1.54) is 12.6 Å². The van der Waals surface area contributed by atoms with E-state index < -0.39 is 0 Å². The molecular weight excluding hydrogens is 284 g/mol. The molecule has 8 nitrogen and oxygen atoms in total. The van der Waals surface area contributed by atoms with Crippen molar-refractivity contribution in [2.45, 2.75) is 25.2 Å². The fourth-order valence-corrected chi connectivity index (χ4v) is 2.42. The van der Waals surface area contributed by atoms with E-state index in [0.29, 0.717) is 17.4 Å². The summed E-state index contributed by atoms with van der Waals surface area (Å²) in [5.74, 6) is 1.60. The highest BCUT2D eigenvalue weighted by Crippen LogP contribution is 2.33. The number of aromatic nitrogens is 6.